The van der Waals surface area contributed by atoms with Crippen molar-refractivity contribution in [1.29, 1.82) is 0 Å². The van der Waals surface area contributed by atoms with Gasteiger partial charge in [-0.15, -0.1) is 0 Å². The molecule has 4 nitrogen and oxygen atoms in total. The summed E-state index contributed by atoms with van der Waals surface area (Å²) in [6.45, 7) is 2.75. The van der Waals surface area contributed by atoms with E-state index in [4.69, 9.17) is 4.74 Å². The third-order valence-corrected chi connectivity index (χ3v) is 2.56. The topological polar surface area (TPSA) is 44.1 Å². The number of rotatable bonds is 5. The van der Waals surface area contributed by atoms with Crippen LogP contribution in [0.5, 0.6) is 5.75 Å². The van der Waals surface area contributed by atoms with Crippen LogP contribution in [0.15, 0.2) is 36.7 Å². The number of benzene rings is 1. The molecule has 1 aromatic carbocycles. The van der Waals surface area contributed by atoms with E-state index in [-0.39, 0.29) is 5.78 Å². The van der Waals surface area contributed by atoms with Crippen molar-refractivity contribution in [3.63, 3.8) is 0 Å². The highest BCUT2D eigenvalue weighted by Gasteiger charge is 2.10. The van der Waals surface area contributed by atoms with Gasteiger partial charge in [-0.25, -0.2) is 0 Å². The quantitative estimate of drug-likeness (QED) is 0.759. The van der Waals surface area contributed by atoms with Crippen LogP contribution in [0.4, 0.5) is 0 Å². The highest BCUT2D eigenvalue weighted by Crippen LogP contribution is 2.15. The lowest BCUT2D eigenvalue weighted by atomic mass is 10.1. The fourth-order valence-corrected chi connectivity index (χ4v) is 1.63. The minimum atomic E-state index is -0.0230. The van der Waals surface area contributed by atoms with E-state index in [1.54, 1.807) is 36.3 Å². The molecular weight excluding hydrogens is 228 g/mol. The van der Waals surface area contributed by atoms with Gasteiger partial charge in [0.15, 0.2) is 5.78 Å². The van der Waals surface area contributed by atoms with Crippen molar-refractivity contribution in [1.82, 2.24) is 9.78 Å². The molecular formula is C14H16N2O2. The van der Waals surface area contributed by atoms with Crippen molar-refractivity contribution in [3.05, 3.63) is 47.8 Å². The Bertz CT molecular complexity index is 529. The maximum Gasteiger partial charge on any atom is 0.196 e. The summed E-state index contributed by atoms with van der Waals surface area (Å²) in [6, 6.07) is 7.19. The Morgan fingerprint density at radius 1 is 1.28 bits per heavy atom. The molecule has 18 heavy (non-hydrogen) atoms. The first-order valence-electron chi connectivity index (χ1n) is 5.97. The van der Waals surface area contributed by atoms with E-state index in [1.807, 2.05) is 12.1 Å². The third-order valence-electron chi connectivity index (χ3n) is 2.56. The Hall–Kier alpha value is -2.10. The maximum atomic E-state index is 12.1. The van der Waals surface area contributed by atoms with Crippen molar-refractivity contribution in [2.24, 2.45) is 7.05 Å². The second-order valence-electron chi connectivity index (χ2n) is 4.10. The molecule has 0 aliphatic carbocycles. The molecule has 1 heterocycles. The minimum absolute atomic E-state index is 0.0230. The summed E-state index contributed by atoms with van der Waals surface area (Å²) in [5.41, 5.74) is 1.24. The highest BCUT2D eigenvalue weighted by atomic mass is 16.5. The van der Waals surface area contributed by atoms with Gasteiger partial charge in [0.1, 0.15) is 5.75 Å². The lowest BCUT2D eigenvalue weighted by molar-refractivity contribution is 0.103. The number of ketones is 1. The fourth-order valence-electron chi connectivity index (χ4n) is 1.63. The molecule has 2 rings (SSSR count). The maximum absolute atomic E-state index is 12.1. The lowest BCUT2D eigenvalue weighted by Crippen LogP contribution is -2.00. The summed E-state index contributed by atoms with van der Waals surface area (Å²) in [4.78, 5) is 12.1. The van der Waals surface area contributed by atoms with E-state index in [9.17, 15) is 4.79 Å². The molecule has 1 aromatic heterocycles. The predicted molar refractivity (Wildman–Crippen MR) is 68.9 cm³/mol. The molecule has 0 saturated heterocycles. The van der Waals surface area contributed by atoms with Gasteiger partial charge in [-0.3, -0.25) is 9.48 Å². The average molecular weight is 244 g/mol. The van der Waals surface area contributed by atoms with Crippen molar-refractivity contribution in [3.8, 4) is 5.75 Å². The smallest absolute Gasteiger partial charge is 0.196 e. The van der Waals surface area contributed by atoms with Crippen LogP contribution in [0.3, 0.4) is 0 Å². The molecule has 0 fully saturated rings. The molecule has 0 radical (unpaired) electrons. The highest BCUT2D eigenvalue weighted by molar-refractivity contribution is 6.08. The monoisotopic (exact) mass is 244 g/mol. The number of nitrogens with zero attached hydrogens (tertiary/aromatic N) is 2. The molecule has 2 aromatic rings. The fraction of sp³-hybridized carbons (Fsp3) is 0.286. The summed E-state index contributed by atoms with van der Waals surface area (Å²) in [5, 5.41) is 3.99. The summed E-state index contributed by atoms with van der Waals surface area (Å²) in [7, 11) is 1.79. The Morgan fingerprint density at radius 3 is 2.56 bits per heavy atom. The molecule has 0 amide bonds. The zero-order valence-corrected chi connectivity index (χ0v) is 10.6. The molecule has 94 valence electrons. The molecule has 0 unspecified atom stereocenters. The van der Waals surface area contributed by atoms with Crippen LogP contribution in [0.2, 0.25) is 0 Å². The van der Waals surface area contributed by atoms with E-state index in [2.05, 4.69) is 12.0 Å². The molecule has 4 heteroatoms. The number of aryl methyl sites for hydroxylation is 1. The van der Waals surface area contributed by atoms with E-state index in [0.29, 0.717) is 17.7 Å². The molecule has 0 aliphatic heterocycles. The third kappa shape index (κ3) is 2.77. The normalized spacial score (nSPS) is 10.3. The molecule has 0 aliphatic rings. The van der Waals surface area contributed by atoms with Crippen molar-refractivity contribution < 1.29 is 9.53 Å². The minimum Gasteiger partial charge on any atom is -0.494 e. The zero-order valence-electron chi connectivity index (χ0n) is 10.6. The summed E-state index contributed by atoms with van der Waals surface area (Å²) in [5.74, 6) is 0.768. The number of hydrogen-bond donors (Lipinski definition) is 0. The standard InChI is InChI=1S/C14H16N2O2/c1-3-8-18-13-6-4-11(5-7-13)14(17)12-9-15-16(2)10-12/h4-7,9-10H,3,8H2,1-2H3. The van der Waals surface area contributed by atoms with Crippen molar-refractivity contribution in [2.45, 2.75) is 13.3 Å². The van der Waals surface area contributed by atoms with Gasteiger partial charge in [-0.1, -0.05) is 6.92 Å². The van der Waals surface area contributed by atoms with Gasteiger partial charge >= 0.3 is 0 Å². The van der Waals surface area contributed by atoms with Crippen molar-refractivity contribution >= 4 is 5.78 Å². The number of carbonyl (C=O) groups excluding carboxylic acids is 1. The average Bonchev–Trinajstić information content (AvgIpc) is 2.83. The second kappa shape index (κ2) is 5.49. The van der Waals surface area contributed by atoms with E-state index in [0.717, 1.165) is 12.2 Å². The number of hydrogen-bond acceptors (Lipinski definition) is 3. The first-order chi connectivity index (χ1) is 8.70. The number of ether oxygens (including phenoxy) is 1. The van der Waals surface area contributed by atoms with Crippen LogP contribution in [0.25, 0.3) is 0 Å². The molecule has 0 atom stereocenters. The van der Waals surface area contributed by atoms with Crippen LogP contribution >= 0.6 is 0 Å². The summed E-state index contributed by atoms with van der Waals surface area (Å²) >= 11 is 0. The largest absolute Gasteiger partial charge is 0.494 e. The molecule has 0 N–H and O–H groups in total. The van der Waals surface area contributed by atoms with Gasteiger partial charge in [-0.2, -0.15) is 5.10 Å². The summed E-state index contributed by atoms with van der Waals surface area (Å²) < 4.78 is 7.09. The Labute approximate surface area is 106 Å². The Kier molecular flexibility index (Phi) is 3.77. The number of carbonyl (C=O) groups is 1. The lowest BCUT2D eigenvalue weighted by Gasteiger charge is -2.04. The molecule has 0 saturated carbocycles. The Balaban J connectivity index is 2.12. The van der Waals surface area contributed by atoms with Crippen LogP contribution < -0.4 is 4.74 Å². The van der Waals surface area contributed by atoms with Gasteiger partial charge in [0.2, 0.25) is 0 Å². The summed E-state index contributed by atoms with van der Waals surface area (Å²) in [6.07, 6.45) is 4.25. The van der Waals surface area contributed by atoms with E-state index >= 15 is 0 Å². The van der Waals surface area contributed by atoms with Crippen LogP contribution in [0, 0.1) is 0 Å². The van der Waals surface area contributed by atoms with Crippen LogP contribution in [-0.4, -0.2) is 22.2 Å². The zero-order chi connectivity index (χ0) is 13.0. The first-order valence-corrected chi connectivity index (χ1v) is 5.97. The van der Waals surface area contributed by atoms with Gasteiger partial charge in [0, 0.05) is 18.8 Å². The Morgan fingerprint density at radius 2 is 2.00 bits per heavy atom. The number of aromatic nitrogens is 2. The van der Waals surface area contributed by atoms with Crippen LogP contribution in [0.1, 0.15) is 29.3 Å². The second-order valence-corrected chi connectivity index (χ2v) is 4.10. The van der Waals surface area contributed by atoms with E-state index in [1.165, 1.54) is 0 Å². The molecule has 0 bridgehead atoms. The van der Waals surface area contributed by atoms with Gasteiger partial charge in [0.25, 0.3) is 0 Å². The van der Waals surface area contributed by atoms with Gasteiger partial charge in [0.05, 0.1) is 18.4 Å². The molecule has 0 spiro atoms. The van der Waals surface area contributed by atoms with Crippen molar-refractivity contribution in [2.75, 3.05) is 6.61 Å². The SMILES string of the molecule is CCCOc1ccc(C(=O)c2cnn(C)c2)cc1. The first kappa shape index (κ1) is 12.4. The van der Waals surface area contributed by atoms with Gasteiger partial charge < -0.3 is 4.74 Å². The van der Waals surface area contributed by atoms with Crippen LogP contribution in [-0.2, 0) is 7.05 Å². The van der Waals surface area contributed by atoms with Gasteiger partial charge in [-0.05, 0) is 30.7 Å². The van der Waals surface area contributed by atoms with E-state index < -0.39 is 0 Å². The predicted octanol–water partition coefficient (Wildman–Crippen LogP) is 2.44.